The second kappa shape index (κ2) is 4.53. The second-order valence-electron chi connectivity index (χ2n) is 3.15. The summed E-state index contributed by atoms with van der Waals surface area (Å²) in [5, 5.41) is 12.1. The number of hydrogen-bond acceptors (Lipinski definition) is 4. The third kappa shape index (κ3) is 2.06. The number of aryl methyl sites for hydroxylation is 1. The van der Waals surface area contributed by atoms with Gasteiger partial charge in [-0.25, -0.2) is 4.39 Å². The van der Waals surface area contributed by atoms with E-state index in [1.807, 2.05) is 6.07 Å². The zero-order valence-electron chi connectivity index (χ0n) is 8.35. The van der Waals surface area contributed by atoms with Crippen molar-refractivity contribution < 1.29 is 8.91 Å². The first-order valence-corrected chi connectivity index (χ1v) is 4.75. The van der Waals surface area contributed by atoms with Crippen LogP contribution in [0.5, 0.6) is 0 Å². The van der Waals surface area contributed by atoms with Crippen LogP contribution in [0.4, 0.5) is 4.39 Å². The molecular formula is C11H8FN3O. The maximum Gasteiger partial charge on any atom is 0.227 e. The van der Waals surface area contributed by atoms with Crippen LogP contribution in [0.25, 0.3) is 11.4 Å². The molecule has 0 saturated carbocycles. The summed E-state index contributed by atoms with van der Waals surface area (Å²) in [5.41, 5.74) is 0.300. The fourth-order valence-electron chi connectivity index (χ4n) is 1.27. The van der Waals surface area contributed by atoms with Gasteiger partial charge < -0.3 is 4.52 Å². The average Bonchev–Trinajstić information content (AvgIpc) is 2.75. The van der Waals surface area contributed by atoms with Crippen molar-refractivity contribution in [2.24, 2.45) is 0 Å². The molecule has 4 nitrogen and oxygen atoms in total. The molecule has 1 aromatic carbocycles. The number of aromatic nitrogens is 2. The minimum absolute atomic E-state index is 0.214. The van der Waals surface area contributed by atoms with Gasteiger partial charge in [-0.3, -0.25) is 0 Å². The molecule has 80 valence electrons. The SMILES string of the molecule is N#CCCc1nc(-c2ccccc2F)no1. The van der Waals surface area contributed by atoms with Crippen LogP contribution < -0.4 is 0 Å². The summed E-state index contributed by atoms with van der Waals surface area (Å²) in [4.78, 5) is 4.01. The molecule has 0 radical (unpaired) electrons. The fraction of sp³-hybridized carbons (Fsp3) is 0.182. The van der Waals surface area contributed by atoms with Crippen molar-refractivity contribution in [3.8, 4) is 17.5 Å². The molecule has 0 atom stereocenters. The van der Waals surface area contributed by atoms with Gasteiger partial charge >= 0.3 is 0 Å². The molecule has 0 spiro atoms. The molecule has 0 aliphatic heterocycles. The van der Waals surface area contributed by atoms with Crippen LogP contribution in [0, 0.1) is 17.1 Å². The normalized spacial score (nSPS) is 10.0. The molecular weight excluding hydrogens is 209 g/mol. The molecule has 0 fully saturated rings. The third-order valence-electron chi connectivity index (χ3n) is 2.03. The van der Waals surface area contributed by atoms with Gasteiger partial charge in [0.1, 0.15) is 5.82 Å². The summed E-state index contributed by atoms with van der Waals surface area (Å²) in [7, 11) is 0. The molecule has 16 heavy (non-hydrogen) atoms. The molecule has 2 rings (SSSR count). The van der Waals surface area contributed by atoms with Gasteiger partial charge in [-0.15, -0.1) is 0 Å². The molecule has 1 aromatic heterocycles. The van der Waals surface area contributed by atoms with Gasteiger partial charge in [0.05, 0.1) is 11.6 Å². The highest BCUT2D eigenvalue weighted by atomic mass is 19.1. The summed E-state index contributed by atoms with van der Waals surface area (Å²) in [5.74, 6) is 0.168. The number of benzene rings is 1. The standard InChI is InChI=1S/C11H8FN3O/c12-9-5-2-1-4-8(9)11-14-10(16-15-11)6-3-7-13/h1-2,4-5H,3,6H2. The van der Waals surface area contributed by atoms with Crippen molar-refractivity contribution in [3.05, 3.63) is 36.0 Å². The summed E-state index contributed by atoms with van der Waals surface area (Å²) in [6.45, 7) is 0. The van der Waals surface area contributed by atoms with Crippen molar-refractivity contribution in [1.29, 1.82) is 5.26 Å². The van der Waals surface area contributed by atoms with Gasteiger partial charge in [-0.2, -0.15) is 10.2 Å². The molecule has 1 heterocycles. The zero-order valence-corrected chi connectivity index (χ0v) is 8.35. The topological polar surface area (TPSA) is 62.7 Å². The van der Waals surface area contributed by atoms with E-state index in [-0.39, 0.29) is 5.82 Å². The summed E-state index contributed by atoms with van der Waals surface area (Å²) in [6, 6.07) is 8.18. The van der Waals surface area contributed by atoms with E-state index < -0.39 is 5.82 Å². The quantitative estimate of drug-likeness (QED) is 0.791. The van der Waals surface area contributed by atoms with Gasteiger partial charge in [0, 0.05) is 12.8 Å². The van der Waals surface area contributed by atoms with E-state index in [1.54, 1.807) is 18.2 Å². The molecule has 0 saturated heterocycles. The Bertz CT molecular complexity index is 530. The van der Waals surface area contributed by atoms with E-state index in [4.69, 9.17) is 9.78 Å². The first-order chi connectivity index (χ1) is 7.81. The Hall–Kier alpha value is -2.22. The van der Waals surface area contributed by atoms with E-state index in [0.29, 0.717) is 24.3 Å². The highest BCUT2D eigenvalue weighted by Crippen LogP contribution is 2.19. The maximum atomic E-state index is 13.4. The average molecular weight is 217 g/mol. The summed E-state index contributed by atoms with van der Waals surface area (Å²) in [6.07, 6.45) is 0.691. The molecule has 0 aliphatic rings. The fourth-order valence-corrected chi connectivity index (χ4v) is 1.27. The lowest BCUT2D eigenvalue weighted by molar-refractivity contribution is 0.379. The van der Waals surface area contributed by atoms with E-state index in [9.17, 15) is 4.39 Å². The minimum atomic E-state index is -0.393. The third-order valence-corrected chi connectivity index (χ3v) is 2.03. The van der Waals surface area contributed by atoms with Crippen molar-refractivity contribution in [1.82, 2.24) is 10.1 Å². The van der Waals surface area contributed by atoms with E-state index in [2.05, 4.69) is 10.1 Å². The van der Waals surface area contributed by atoms with Crippen molar-refractivity contribution in [3.63, 3.8) is 0 Å². The van der Waals surface area contributed by atoms with Gasteiger partial charge in [-0.05, 0) is 12.1 Å². The van der Waals surface area contributed by atoms with Crippen molar-refractivity contribution >= 4 is 0 Å². The Morgan fingerprint density at radius 1 is 1.38 bits per heavy atom. The highest BCUT2D eigenvalue weighted by Gasteiger charge is 2.11. The molecule has 0 amide bonds. The maximum absolute atomic E-state index is 13.4. The first-order valence-electron chi connectivity index (χ1n) is 4.75. The lowest BCUT2D eigenvalue weighted by Gasteiger charge is -1.94. The molecule has 0 bridgehead atoms. The molecule has 0 N–H and O–H groups in total. The summed E-state index contributed by atoms with van der Waals surface area (Å²) >= 11 is 0. The monoisotopic (exact) mass is 217 g/mol. The Morgan fingerprint density at radius 3 is 2.94 bits per heavy atom. The number of nitrogens with zero attached hydrogens (tertiary/aromatic N) is 3. The molecule has 0 unspecified atom stereocenters. The number of nitriles is 1. The highest BCUT2D eigenvalue weighted by molar-refractivity contribution is 5.54. The van der Waals surface area contributed by atoms with Crippen LogP contribution in [0.15, 0.2) is 28.8 Å². The smallest absolute Gasteiger partial charge is 0.227 e. The second-order valence-corrected chi connectivity index (χ2v) is 3.15. The van der Waals surface area contributed by atoms with Gasteiger partial charge in [0.2, 0.25) is 11.7 Å². The van der Waals surface area contributed by atoms with E-state index >= 15 is 0 Å². The molecule has 5 heteroatoms. The predicted octanol–water partition coefficient (Wildman–Crippen LogP) is 2.33. The largest absolute Gasteiger partial charge is 0.339 e. The van der Waals surface area contributed by atoms with E-state index in [0.717, 1.165) is 0 Å². The predicted molar refractivity (Wildman–Crippen MR) is 53.6 cm³/mol. The number of hydrogen-bond donors (Lipinski definition) is 0. The van der Waals surface area contributed by atoms with Crippen LogP contribution in [0.1, 0.15) is 12.3 Å². The lowest BCUT2D eigenvalue weighted by atomic mass is 10.2. The van der Waals surface area contributed by atoms with Crippen LogP contribution in [0.3, 0.4) is 0 Å². The van der Waals surface area contributed by atoms with Crippen molar-refractivity contribution in [2.75, 3.05) is 0 Å². The van der Waals surface area contributed by atoms with E-state index in [1.165, 1.54) is 6.07 Å². The minimum Gasteiger partial charge on any atom is -0.339 e. The van der Waals surface area contributed by atoms with Crippen LogP contribution in [0.2, 0.25) is 0 Å². The van der Waals surface area contributed by atoms with Crippen molar-refractivity contribution in [2.45, 2.75) is 12.8 Å². The van der Waals surface area contributed by atoms with Gasteiger partial charge in [0.15, 0.2) is 0 Å². The number of halogens is 1. The summed E-state index contributed by atoms with van der Waals surface area (Å²) < 4.78 is 18.3. The van der Waals surface area contributed by atoms with Crippen LogP contribution >= 0.6 is 0 Å². The Balaban J connectivity index is 2.26. The Kier molecular flexibility index (Phi) is 2.92. The zero-order chi connectivity index (χ0) is 11.4. The van der Waals surface area contributed by atoms with Gasteiger partial charge in [-0.1, -0.05) is 17.3 Å². The molecule has 0 aliphatic carbocycles. The lowest BCUT2D eigenvalue weighted by Crippen LogP contribution is -1.87. The Labute approximate surface area is 91.3 Å². The van der Waals surface area contributed by atoms with Crippen LogP contribution in [-0.4, -0.2) is 10.1 Å². The van der Waals surface area contributed by atoms with Gasteiger partial charge in [0.25, 0.3) is 0 Å². The first kappa shape index (κ1) is 10.3. The number of rotatable bonds is 3. The molecule has 2 aromatic rings. The van der Waals surface area contributed by atoms with Crippen LogP contribution in [-0.2, 0) is 6.42 Å². The Morgan fingerprint density at radius 2 is 2.19 bits per heavy atom.